The fourth-order valence-electron chi connectivity index (χ4n) is 4.05. The van der Waals surface area contributed by atoms with Crippen LogP contribution in [0, 0.1) is 11.6 Å². The van der Waals surface area contributed by atoms with Crippen molar-refractivity contribution in [1.29, 1.82) is 0 Å². The molecule has 0 nitrogen and oxygen atoms in total. The SMILES string of the molecule is CCCCc1cc(F)c(C2CCc3cc(CCC)ccc3C2)c(F)c1. The second-order valence-electron chi connectivity index (χ2n) is 7.37. The van der Waals surface area contributed by atoms with Gasteiger partial charge in [-0.3, -0.25) is 0 Å². The van der Waals surface area contributed by atoms with E-state index in [1.165, 1.54) is 16.7 Å². The van der Waals surface area contributed by atoms with E-state index in [4.69, 9.17) is 0 Å². The minimum absolute atomic E-state index is 0.0512. The maximum atomic E-state index is 14.6. The fourth-order valence-corrected chi connectivity index (χ4v) is 4.05. The van der Waals surface area contributed by atoms with E-state index in [1.807, 2.05) is 0 Å². The van der Waals surface area contributed by atoms with Crippen molar-refractivity contribution in [2.45, 2.75) is 71.1 Å². The Kier molecular flexibility index (Phi) is 5.88. The Balaban J connectivity index is 1.82. The van der Waals surface area contributed by atoms with Crippen molar-refractivity contribution in [3.05, 3.63) is 69.8 Å². The first kappa shape index (κ1) is 18.1. The molecule has 0 amide bonds. The Hall–Kier alpha value is -1.70. The Bertz CT molecular complexity index is 710. The fraction of sp³-hybridized carbons (Fsp3) is 0.478. The summed E-state index contributed by atoms with van der Waals surface area (Å²) in [7, 11) is 0. The summed E-state index contributed by atoms with van der Waals surface area (Å²) in [6.07, 6.45) is 7.46. The van der Waals surface area contributed by atoms with Gasteiger partial charge in [0, 0.05) is 5.56 Å². The lowest BCUT2D eigenvalue weighted by Gasteiger charge is -2.26. The minimum atomic E-state index is -0.359. The standard InChI is InChI=1S/C23H28F2/c1-3-5-7-17-13-21(24)23(22(25)14-17)20-11-10-18-12-16(6-4-2)8-9-19(18)15-20/h8-9,12-14,20H,3-7,10-11,15H2,1-2H3. The normalized spacial score (nSPS) is 16.7. The molecule has 2 aromatic rings. The molecule has 0 saturated carbocycles. The molecule has 1 unspecified atom stereocenters. The van der Waals surface area contributed by atoms with E-state index in [-0.39, 0.29) is 17.6 Å². The summed E-state index contributed by atoms with van der Waals surface area (Å²) in [5, 5.41) is 0. The second-order valence-corrected chi connectivity index (χ2v) is 7.37. The van der Waals surface area contributed by atoms with Gasteiger partial charge in [0.2, 0.25) is 0 Å². The lowest BCUT2D eigenvalue weighted by molar-refractivity contribution is 0.489. The van der Waals surface area contributed by atoms with E-state index in [0.717, 1.165) is 56.9 Å². The van der Waals surface area contributed by atoms with Crippen LogP contribution in [0.25, 0.3) is 0 Å². The first-order chi connectivity index (χ1) is 12.1. The molecule has 0 aromatic heterocycles. The van der Waals surface area contributed by atoms with Crippen LogP contribution in [-0.4, -0.2) is 0 Å². The molecule has 1 aliphatic rings. The summed E-state index contributed by atoms with van der Waals surface area (Å²) in [4.78, 5) is 0. The van der Waals surface area contributed by atoms with Gasteiger partial charge in [0.25, 0.3) is 0 Å². The number of rotatable bonds is 6. The van der Waals surface area contributed by atoms with E-state index in [0.29, 0.717) is 5.56 Å². The molecule has 0 spiro atoms. The third kappa shape index (κ3) is 4.11. The van der Waals surface area contributed by atoms with Gasteiger partial charge in [-0.1, -0.05) is 44.9 Å². The zero-order chi connectivity index (χ0) is 17.8. The van der Waals surface area contributed by atoms with Gasteiger partial charge in [-0.2, -0.15) is 0 Å². The highest BCUT2D eigenvalue weighted by atomic mass is 19.1. The molecule has 0 N–H and O–H groups in total. The molecule has 1 aliphatic carbocycles. The van der Waals surface area contributed by atoms with Gasteiger partial charge in [-0.15, -0.1) is 0 Å². The zero-order valence-electron chi connectivity index (χ0n) is 15.4. The topological polar surface area (TPSA) is 0 Å². The molecular formula is C23H28F2. The monoisotopic (exact) mass is 342 g/mol. The van der Waals surface area contributed by atoms with Crippen molar-refractivity contribution in [3.63, 3.8) is 0 Å². The molecule has 2 heteroatoms. The second kappa shape index (κ2) is 8.12. The van der Waals surface area contributed by atoms with E-state index in [1.54, 1.807) is 12.1 Å². The number of fused-ring (bicyclic) bond motifs is 1. The van der Waals surface area contributed by atoms with Crippen molar-refractivity contribution in [2.24, 2.45) is 0 Å². The number of aryl methyl sites for hydroxylation is 3. The average Bonchev–Trinajstić information content (AvgIpc) is 2.59. The predicted octanol–water partition coefficient (Wildman–Crippen LogP) is 6.53. The van der Waals surface area contributed by atoms with Crippen molar-refractivity contribution in [1.82, 2.24) is 0 Å². The summed E-state index contributed by atoms with van der Waals surface area (Å²) in [5.41, 5.74) is 5.06. The molecule has 134 valence electrons. The highest BCUT2D eigenvalue weighted by molar-refractivity contribution is 5.38. The third-order valence-electron chi connectivity index (χ3n) is 5.40. The van der Waals surface area contributed by atoms with Gasteiger partial charge in [0.05, 0.1) is 0 Å². The van der Waals surface area contributed by atoms with Crippen LogP contribution in [-0.2, 0) is 25.7 Å². The molecule has 0 radical (unpaired) electrons. The van der Waals surface area contributed by atoms with E-state index < -0.39 is 0 Å². The number of halogens is 2. The van der Waals surface area contributed by atoms with E-state index >= 15 is 0 Å². The molecule has 3 rings (SSSR count). The summed E-state index contributed by atoms with van der Waals surface area (Å²) < 4.78 is 29.2. The number of unbranched alkanes of at least 4 members (excludes halogenated alkanes) is 1. The number of benzene rings is 2. The van der Waals surface area contributed by atoms with Crippen molar-refractivity contribution >= 4 is 0 Å². The molecule has 1 atom stereocenters. The Morgan fingerprint density at radius 3 is 2.32 bits per heavy atom. The zero-order valence-corrected chi connectivity index (χ0v) is 15.4. The Morgan fingerprint density at radius 2 is 1.64 bits per heavy atom. The quantitative estimate of drug-likeness (QED) is 0.559. The molecule has 0 fully saturated rings. The third-order valence-corrected chi connectivity index (χ3v) is 5.40. The first-order valence-corrected chi connectivity index (χ1v) is 9.70. The number of hydrogen-bond donors (Lipinski definition) is 0. The Labute approximate surface area is 150 Å². The maximum Gasteiger partial charge on any atom is 0.129 e. The van der Waals surface area contributed by atoms with Gasteiger partial charge >= 0.3 is 0 Å². The summed E-state index contributed by atoms with van der Waals surface area (Å²) >= 11 is 0. The molecule has 2 aromatic carbocycles. The van der Waals surface area contributed by atoms with Crippen LogP contribution in [0.15, 0.2) is 30.3 Å². The first-order valence-electron chi connectivity index (χ1n) is 9.70. The highest BCUT2D eigenvalue weighted by Gasteiger charge is 2.26. The van der Waals surface area contributed by atoms with Crippen LogP contribution in [0.1, 0.15) is 73.3 Å². The van der Waals surface area contributed by atoms with Crippen LogP contribution in [0.2, 0.25) is 0 Å². The van der Waals surface area contributed by atoms with Gasteiger partial charge in [-0.05, 0) is 78.8 Å². The molecule has 0 saturated heterocycles. The predicted molar refractivity (Wildman–Crippen MR) is 100 cm³/mol. The van der Waals surface area contributed by atoms with Crippen LogP contribution in [0.5, 0.6) is 0 Å². The van der Waals surface area contributed by atoms with Gasteiger partial charge in [0.1, 0.15) is 11.6 Å². The van der Waals surface area contributed by atoms with Crippen molar-refractivity contribution in [2.75, 3.05) is 0 Å². The maximum absolute atomic E-state index is 14.6. The van der Waals surface area contributed by atoms with E-state index in [9.17, 15) is 8.78 Å². The van der Waals surface area contributed by atoms with Crippen LogP contribution in [0.4, 0.5) is 8.78 Å². The lowest BCUT2D eigenvalue weighted by atomic mass is 9.79. The van der Waals surface area contributed by atoms with E-state index in [2.05, 4.69) is 32.0 Å². The molecule has 0 heterocycles. The minimum Gasteiger partial charge on any atom is -0.207 e. The molecule has 0 bridgehead atoms. The summed E-state index contributed by atoms with van der Waals surface area (Å²) in [5.74, 6) is -0.769. The highest BCUT2D eigenvalue weighted by Crippen LogP contribution is 2.36. The number of hydrogen-bond acceptors (Lipinski definition) is 0. The smallest absolute Gasteiger partial charge is 0.129 e. The average molecular weight is 342 g/mol. The van der Waals surface area contributed by atoms with Crippen LogP contribution < -0.4 is 0 Å². The van der Waals surface area contributed by atoms with Crippen molar-refractivity contribution in [3.8, 4) is 0 Å². The van der Waals surface area contributed by atoms with Gasteiger partial charge in [0.15, 0.2) is 0 Å². The largest absolute Gasteiger partial charge is 0.207 e. The van der Waals surface area contributed by atoms with Gasteiger partial charge in [-0.25, -0.2) is 8.78 Å². The summed E-state index contributed by atoms with van der Waals surface area (Å²) in [6, 6.07) is 9.72. The Morgan fingerprint density at radius 1 is 0.880 bits per heavy atom. The lowest BCUT2D eigenvalue weighted by Crippen LogP contribution is -2.16. The summed E-state index contributed by atoms with van der Waals surface area (Å²) in [6.45, 7) is 4.28. The van der Waals surface area contributed by atoms with Gasteiger partial charge < -0.3 is 0 Å². The van der Waals surface area contributed by atoms with Crippen LogP contribution >= 0.6 is 0 Å². The molecule has 25 heavy (non-hydrogen) atoms. The molecular weight excluding hydrogens is 314 g/mol. The van der Waals surface area contributed by atoms with Crippen molar-refractivity contribution < 1.29 is 8.78 Å². The van der Waals surface area contributed by atoms with Crippen LogP contribution in [0.3, 0.4) is 0 Å². The molecule has 0 aliphatic heterocycles.